The van der Waals surface area contributed by atoms with Crippen LogP contribution in [0, 0.1) is 6.92 Å². The Balaban J connectivity index is 2.31. The maximum atomic E-state index is 5.96. The van der Waals surface area contributed by atoms with Gasteiger partial charge in [-0.1, -0.05) is 12.1 Å². The minimum absolute atomic E-state index is 0.652. The van der Waals surface area contributed by atoms with Crippen molar-refractivity contribution >= 4 is 16.7 Å². The number of para-hydroxylation sites is 2. The molecule has 0 atom stereocenters. The van der Waals surface area contributed by atoms with Gasteiger partial charge in [0.05, 0.1) is 16.7 Å². The fourth-order valence-corrected chi connectivity index (χ4v) is 1.87. The molecule has 0 fully saturated rings. The van der Waals surface area contributed by atoms with Gasteiger partial charge in [0.2, 0.25) is 0 Å². The first-order chi connectivity index (χ1) is 8.25. The number of imidazole rings is 1. The van der Waals surface area contributed by atoms with Crippen LogP contribution >= 0.6 is 0 Å². The molecule has 0 spiro atoms. The molecule has 3 aromatic rings. The van der Waals surface area contributed by atoms with Crippen LogP contribution in [-0.2, 0) is 0 Å². The van der Waals surface area contributed by atoms with Gasteiger partial charge in [0.25, 0.3) is 0 Å². The highest BCUT2D eigenvalue weighted by Crippen LogP contribution is 2.20. The minimum atomic E-state index is 0.652. The van der Waals surface area contributed by atoms with Gasteiger partial charge in [-0.15, -0.1) is 0 Å². The molecular formula is C13H12N4. The number of fused-ring (bicyclic) bond motifs is 1. The highest BCUT2D eigenvalue weighted by atomic mass is 15.1. The summed E-state index contributed by atoms with van der Waals surface area (Å²) in [6, 6.07) is 11.7. The van der Waals surface area contributed by atoms with E-state index in [2.05, 4.69) is 9.97 Å². The average Bonchev–Trinajstić information content (AvgIpc) is 2.76. The van der Waals surface area contributed by atoms with E-state index in [0.717, 1.165) is 22.5 Å². The van der Waals surface area contributed by atoms with Gasteiger partial charge >= 0.3 is 0 Å². The zero-order chi connectivity index (χ0) is 11.8. The van der Waals surface area contributed by atoms with E-state index in [-0.39, 0.29) is 0 Å². The summed E-state index contributed by atoms with van der Waals surface area (Å²) in [6.07, 6.45) is 1.75. The summed E-state index contributed by atoms with van der Waals surface area (Å²) >= 11 is 0. The van der Waals surface area contributed by atoms with Crippen molar-refractivity contribution in [3.63, 3.8) is 0 Å². The molecule has 0 unspecified atom stereocenters. The number of rotatable bonds is 1. The zero-order valence-electron chi connectivity index (χ0n) is 9.46. The first kappa shape index (κ1) is 9.84. The number of hydrogen-bond donors (Lipinski definition) is 1. The van der Waals surface area contributed by atoms with E-state index in [1.165, 1.54) is 0 Å². The van der Waals surface area contributed by atoms with Crippen LogP contribution in [-0.4, -0.2) is 14.5 Å². The molecule has 0 saturated heterocycles. The fourth-order valence-electron chi connectivity index (χ4n) is 1.87. The van der Waals surface area contributed by atoms with Crippen LogP contribution < -0.4 is 5.73 Å². The van der Waals surface area contributed by atoms with Crippen LogP contribution in [0.5, 0.6) is 0 Å². The number of aromatic nitrogens is 3. The molecule has 0 radical (unpaired) electrons. The molecule has 0 amide bonds. The highest BCUT2D eigenvalue weighted by Gasteiger charge is 2.08. The van der Waals surface area contributed by atoms with Crippen LogP contribution in [0.4, 0.5) is 5.69 Å². The number of anilines is 1. The molecule has 0 aliphatic rings. The number of nitrogens with two attached hydrogens (primary N) is 1. The normalized spacial score (nSPS) is 10.9. The number of benzene rings is 1. The minimum Gasteiger partial charge on any atom is -0.396 e. The Hall–Kier alpha value is -2.36. The summed E-state index contributed by atoms with van der Waals surface area (Å²) < 4.78 is 1.91. The maximum Gasteiger partial charge on any atom is 0.161 e. The molecule has 4 heteroatoms. The largest absolute Gasteiger partial charge is 0.396 e. The molecule has 3 rings (SSSR count). The first-order valence-electron chi connectivity index (χ1n) is 5.41. The first-order valence-corrected chi connectivity index (χ1v) is 5.41. The van der Waals surface area contributed by atoms with E-state index in [9.17, 15) is 0 Å². The summed E-state index contributed by atoms with van der Waals surface area (Å²) in [5.74, 6) is 0.735. The van der Waals surface area contributed by atoms with Crippen molar-refractivity contribution in [1.82, 2.24) is 14.5 Å². The fraction of sp³-hybridized carbons (Fsp3) is 0.0769. The Morgan fingerprint density at radius 1 is 1.12 bits per heavy atom. The van der Waals surface area contributed by atoms with E-state index in [1.54, 1.807) is 6.33 Å². The predicted molar refractivity (Wildman–Crippen MR) is 68.0 cm³/mol. The van der Waals surface area contributed by atoms with Crippen molar-refractivity contribution in [1.29, 1.82) is 0 Å². The van der Waals surface area contributed by atoms with E-state index >= 15 is 0 Å². The van der Waals surface area contributed by atoms with E-state index < -0.39 is 0 Å². The Labute approximate surface area is 98.7 Å². The zero-order valence-corrected chi connectivity index (χ0v) is 9.46. The average molecular weight is 224 g/mol. The SMILES string of the molecule is Cc1ccc(N)c(-n2cnc3ccccc32)n1. The van der Waals surface area contributed by atoms with Gasteiger partial charge in [0.15, 0.2) is 5.82 Å². The van der Waals surface area contributed by atoms with Gasteiger partial charge in [-0.2, -0.15) is 0 Å². The van der Waals surface area contributed by atoms with E-state index in [4.69, 9.17) is 5.73 Å². The third kappa shape index (κ3) is 1.54. The smallest absolute Gasteiger partial charge is 0.161 e. The second-order valence-corrected chi connectivity index (χ2v) is 3.97. The molecule has 84 valence electrons. The van der Waals surface area contributed by atoms with Crippen molar-refractivity contribution in [2.24, 2.45) is 0 Å². The summed E-state index contributed by atoms with van der Waals surface area (Å²) in [5, 5.41) is 0. The van der Waals surface area contributed by atoms with Crippen molar-refractivity contribution < 1.29 is 0 Å². The topological polar surface area (TPSA) is 56.7 Å². The van der Waals surface area contributed by atoms with Gasteiger partial charge in [0, 0.05) is 5.69 Å². The molecule has 2 N–H and O–H groups in total. The quantitative estimate of drug-likeness (QED) is 0.690. The van der Waals surface area contributed by atoms with E-state index in [1.807, 2.05) is 47.9 Å². The van der Waals surface area contributed by atoms with Crippen molar-refractivity contribution in [2.45, 2.75) is 6.92 Å². The third-order valence-electron chi connectivity index (χ3n) is 2.73. The molecule has 2 aromatic heterocycles. The van der Waals surface area contributed by atoms with Gasteiger partial charge < -0.3 is 5.73 Å². The molecule has 2 heterocycles. The van der Waals surface area contributed by atoms with Crippen LogP contribution in [0.1, 0.15) is 5.69 Å². The lowest BCUT2D eigenvalue weighted by Gasteiger charge is -2.07. The van der Waals surface area contributed by atoms with Gasteiger partial charge in [-0.3, -0.25) is 4.57 Å². The Morgan fingerprint density at radius 3 is 2.82 bits per heavy atom. The summed E-state index contributed by atoms with van der Waals surface area (Å²) in [6.45, 7) is 1.95. The number of aryl methyl sites for hydroxylation is 1. The van der Waals surface area contributed by atoms with Crippen LogP contribution in [0.2, 0.25) is 0 Å². The lowest BCUT2D eigenvalue weighted by molar-refractivity contribution is 1.01. The summed E-state index contributed by atoms with van der Waals surface area (Å²) in [7, 11) is 0. The van der Waals surface area contributed by atoms with Crippen LogP contribution in [0.3, 0.4) is 0 Å². The number of hydrogen-bond acceptors (Lipinski definition) is 3. The molecular weight excluding hydrogens is 212 g/mol. The van der Waals surface area contributed by atoms with Crippen LogP contribution in [0.15, 0.2) is 42.7 Å². The van der Waals surface area contributed by atoms with Gasteiger partial charge in [-0.25, -0.2) is 9.97 Å². The Morgan fingerprint density at radius 2 is 1.94 bits per heavy atom. The molecule has 0 saturated carbocycles. The number of nitrogens with zero attached hydrogens (tertiary/aromatic N) is 3. The second kappa shape index (κ2) is 3.59. The number of pyridine rings is 1. The van der Waals surface area contributed by atoms with Crippen molar-refractivity contribution in [3.05, 3.63) is 48.4 Å². The van der Waals surface area contributed by atoms with Crippen LogP contribution in [0.25, 0.3) is 16.9 Å². The molecule has 0 aliphatic heterocycles. The van der Waals surface area contributed by atoms with Gasteiger partial charge in [-0.05, 0) is 31.2 Å². The van der Waals surface area contributed by atoms with E-state index in [0.29, 0.717) is 5.69 Å². The molecule has 17 heavy (non-hydrogen) atoms. The summed E-state index contributed by atoms with van der Waals surface area (Å²) in [4.78, 5) is 8.80. The van der Waals surface area contributed by atoms with Crippen molar-refractivity contribution in [2.75, 3.05) is 5.73 Å². The van der Waals surface area contributed by atoms with Gasteiger partial charge in [0.1, 0.15) is 6.33 Å². The Bertz CT molecular complexity index is 685. The molecule has 0 aliphatic carbocycles. The molecule has 1 aromatic carbocycles. The lowest BCUT2D eigenvalue weighted by atomic mass is 10.3. The number of nitrogen functional groups attached to an aromatic ring is 1. The third-order valence-corrected chi connectivity index (χ3v) is 2.73. The molecule has 4 nitrogen and oxygen atoms in total. The van der Waals surface area contributed by atoms with Crippen molar-refractivity contribution in [3.8, 4) is 5.82 Å². The lowest BCUT2D eigenvalue weighted by Crippen LogP contribution is -2.02. The second-order valence-electron chi connectivity index (χ2n) is 3.97. The monoisotopic (exact) mass is 224 g/mol. The summed E-state index contributed by atoms with van der Waals surface area (Å²) in [5.41, 5.74) is 9.50. The predicted octanol–water partition coefficient (Wildman–Crippen LogP) is 2.31. The molecule has 0 bridgehead atoms. The highest BCUT2D eigenvalue weighted by molar-refractivity contribution is 5.78. The maximum absolute atomic E-state index is 5.96. The Kier molecular flexibility index (Phi) is 2.08. The standard InChI is InChI=1S/C13H12N4/c1-9-6-7-10(14)13(16-9)17-8-15-11-4-2-3-5-12(11)17/h2-8H,14H2,1H3.